The van der Waals surface area contributed by atoms with Crippen LogP contribution in [-0.2, 0) is 4.65 Å². The smallest absolute Gasteiger partial charge is 0.329 e. The predicted octanol–water partition coefficient (Wildman–Crippen LogP) is 2.62. The van der Waals surface area contributed by atoms with E-state index in [0.717, 1.165) is 5.56 Å². The lowest BCUT2D eigenvalue weighted by atomic mass is 9.85. The number of aromatic nitrogens is 1. The number of nitrogens with one attached hydrogen (secondary N) is 2. The second kappa shape index (κ2) is 8.42. The van der Waals surface area contributed by atoms with Gasteiger partial charge in [-0.3, -0.25) is 10.4 Å². The van der Waals surface area contributed by atoms with Crippen molar-refractivity contribution >= 4 is 24.5 Å². The van der Waals surface area contributed by atoms with E-state index in [1.807, 2.05) is 56.3 Å². The monoisotopic (exact) mass is 363 g/mol. The van der Waals surface area contributed by atoms with E-state index >= 15 is 0 Å². The van der Waals surface area contributed by atoms with Gasteiger partial charge in [0.15, 0.2) is 0 Å². The van der Waals surface area contributed by atoms with E-state index in [4.69, 9.17) is 15.5 Å². The molecule has 0 unspecified atom stereocenters. The van der Waals surface area contributed by atoms with Gasteiger partial charge in [0.25, 0.3) is 0 Å². The van der Waals surface area contributed by atoms with Crippen molar-refractivity contribution < 1.29 is 9.76 Å². The lowest BCUT2D eigenvalue weighted by Gasteiger charge is -2.37. The summed E-state index contributed by atoms with van der Waals surface area (Å²) in [7, 11) is 0.238. The molecule has 0 amide bonds. The number of allylic oxidation sites excluding steroid dienone is 2. The van der Waals surface area contributed by atoms with Crippen LogP contribution >= 0.6 is 0 Å². The summed E-state index contributed by atoms with van der Waals surface area (Å²) in [5, 5.41) is 26.5. The molecule has 2 rings (SSSR count). The first-order valence-electron chi connectivity index (χ1n) is 8.83. The summed E-state index contributed by atoms with van der Waals surface area (Å²) in [6.07, 6.45) is 3.17. The molecule has 0 aliphatic rings. The first-order chi connectivity index (χ1) is 12.6. The van der Waals surface area contributed by atoms with Gasteiger partial charge < -0.3 is 15.2 Å². The quantitative estimate of drug-likeness (QED) is 0.497. The lowest BCUT2D eigenvalue weighted by Crippen LogP contribution is -2.49. The van der Waals surface area contributed by atoms with Gasteiger partial charge in [0, 0.05) is 5.59 Å². The maximum absolute atomic E-state index is 10.2. The van der Waals surface area contributed by atoms with Gasteiger partial charge in [-0.2, -0.15) is 0 Å². The van der Waals surface area contributed by atoms with Gasteiger partial charge in [0.1, 0.15) is 0 Å². The van der Waals surface area contributed by atoms with Crippen LogP contribution in [0.15, 0.2) is 60.7 Å². The number of nitrogens with zero attached hydrogens (tertiary/aromatic N) is 1. The molecule has 0 aliphatic carbocycles. The van der Waals surface area contributed by atoms with Gasteiger partial charge in [-0.05, 0) is 57.5 Å². The van der Waals surface area contributed by atoms with E-state index in [2.05, 4.69) is 4.98 Å². The fourth-order valence-corrected chi connectivity index (χ4v) is 2.11. The summed E-state index contributed by atoms with van der Waals surface area (Å²) >= 11 is 0. The summed E-state index contributed by atoms with van der Waals surface area (Å²) in [6, 6.07) is 14.8. The summed E-state index contributed by atoms with van der Waals surface area (Å²) in [4.78, 5) is 4.46. The third-order valence-electron chi connectivity index (χ3n) is 4.64. The van der Waals surface area contributed by atoms with Crippen LogP contribution < -0.4 is 5.59 Å². The molecule has 27 heavy (non-hydrogen) atoms. The van der Waals surface area contributed by atoms with E-state index < -0.39 is 11.2 Å². The SMILES string of the molecule is CC(C)(O)C(C)(C)OBc1cccc(C(=N)/C=C\C(=N)c2ccccc2)n1. The molecule has 0 radical (unpaired) electrons. The average molecular weight is 363 g/mol. The second-order valence-electron chi connectivity index (χ2n) is 7.40. The normalized spacial score (nSPS) is 12.2. The minimum atomic E-state index is -0.988. The Hall–Kier alpha value is -2.57. The van der Waals surface area contributed by atoms with Gasteiger partial charge >= 0.3 is 7.48 Å². The zero-order chi connectivity index (χ0) is 20.1. The van der Waals surface area contributed by atoms with Gasteiger partial charge in [-0.25, -0.2) is 0 Å². The highest BCUT2D eigenvalue weighted by Gasteiger charge is 2.35. The van der Waals surface area contributed by atoms with Crippen LogP contribution in [0.2, 0.25) is 0 Å². The van der Waals surface area contributed by atoms with Crippen LogP contribution in [0, 0.1) is 10.8 Å². The van der Waals surface area contributed by atoms with Crippen molar-refractivity contribution in [1.29, 1.82) is 10.8 Å². The highest BCUT2D eigenvalue weighted by Crippen LogP contribution is 2.24. The molecular weight excluding hydrogens is 337 g/mol. The zero-order valence-electron chi connectivity index (χ0n) is 16.3. The molecule has 5 nitrogen and oxygen atoms in total. The summed E-state index contributed by atoms with van der Waals surface area (Å²) in [5.41, 5.74) is 0.827. The number of hydrogen-bond acceptors (Lipinski definition) is 5. The van der Waals surface area contributed by atoms with Crippen molar-refractivity contribution in [2.75, 3.05) is 0 Å². The van der Waals surface area contributed by atoms with E-state index in [1.54, 1.807) is 32.1 Å². The molecule has 1 aromatic carbocycles. The Balaban J connectivity index is 2.05. The molecule has 1 aromatic heterocycles. The Kier molecular flexibility index (Phi) is 6.47. The molecule has 3 N–H and O–H groups in total. The molecule has 0 fully saturated rings. The van der Waals surface area contributed by atoms with Gasteiger partial charge in [0.2, 0.25) is 0 Å². The van der Waals surface area contributed by atoms with E-state index in [-0.39, 0.29) is 13.2 Å². The van der Waals surface area contributed by atoms with E-state index in [1.165, 1.54) is 0 Å². The number of benzene rings is 1. The molecule has 140 valence electrons. The average Bonchev–Trinajstić information content (AvgIpc) is 2.64. The first-order valence-corrected chi connectivity index (χ1v) is 8.83. The number of rotatable bonds is 8. The molecule has 2 aromatic rings. The Bertz CT molecular complexity index is 840. The van der Waals surface area contributed by atoms with Crippen molar-refractivity contribution in [1.82, 2.24) is 4.98 Å². The summed E-state index contributed by atoms with van der Waals surface area (Å²) < 4.78 is 5.84. The Morgan fingerprint density at radius 3 is 2.22 bits per heavy atom. The highest BCUT2D eigenvalue weighted by atomic mass is 16.5. The first kappa shape index (κ1) is 20.7. The van der Waals surface area contributed by atoms with Gasteiger partial charge in [0.05, 0.1) is 28.3 Å². The third kappa shape index (κ3) is 5.71. The van der Waals surface area contributed by atoms with E-state index in [0.29, 0.717) is 17.0 Å². The molecular formula is C21H26BN3O2. The van der Waals surface area contributed by atoms with Gasteiger partial charge in [-0.1, -0.05) is 36.4 Å². The molecule has 0 saturated carbocycles. The predicted molar refractivity (Wildman–Crippen MR) is 112 cm³/mol. The molecule has 0 spiro atoms. The molecule has 0 atom stereocenters. The van der Waals surface area contributed by atoms with Crippen molar-refractivity contribution in [3.05, 3.63) is 71.9 Å². The summed E-state index contributed by atoms with van der Waals surface area (Å²) in [5.74, 6) is 0. The Morgan fingerprint density at radius 1 is 0.963 bits per heavy atom. The van der Waals surface area contributed by atoms with Crippen molar-refractivity contribution in [3.63, 3.8) is 0 Å². The van der Waals surface area contributed by atoms with Crippen LogP contribution in [-0.4, -0.2) is 40.2 Å². The fraction of sp³-hybridized carbons (Fsp3) is 0.286. The lowest BCUT2D eigenvalue weighted by molar-refractivity contribution is -0.0893. The number of hydrogen-bond donors (Lipinski definition) is 3. The Morgan fingerprint density at radius 2 is 1.59 bits per heavy atom. The van der Waals surface area contributed by atoms with Crippen molar-refractivity contribution in [2.24, 2.45) is 0 Å². The zero-order valence-corrected chi connectivity index (χ0v) is 16.3. The number of pyridine rings is 1. The van der Waals surface area contributed by atoms with Crippen LogP contribution in [0.25, 0.3) is 0 Å². The number of aliphatic hydroxyl groups is 1. The summed E-state index contributed by atoms with van der Waals surface area (Å²) in [6.45, 7) is 7.08. The molecule has 6 heteroatoms. The van der Waals surface area contributed by atoms with Gasteiger partial charge in [-0.15, -0.1) is 0 Å². The minimum absolute atomic E-state index is 0.222. The molecule has 0 saturated heterocycles. The van der Waals surface area contributed by atoms with Crippen LogP contribution in [0.4, 0.5) is 0 Å². The third-order valence-corrected chi connectivity index (χ3v) is 4.64. The second-order valence-corrected chi connectivity index (χ2v) is 7.40. The van der Waals surface area contributed by atoms with Crippen LogP contribution in [0.1, 0.15) is 39.0 Å². The molecule has 1 heterocycles. The maximum Gasteiger partial charge on any atom is 0.329 e. The topological polar surface area (TPSA) is 90.0 Å². The molecule has 0 aliphatic heterocycles. The van der Waals surface area contributed by atoms with Crippen molar-refractivity contribution in [2.45, 2.75) is 38.9 Å². The van der Waals surface area contributed by atoms with Crippen LogP contribution in [0.5, 0.6) is 0 Å². The minimum Gasteiger partial charge on any atom is -0.425 e. The maximum atomic E-state index is 10.2. The van der Waals surface area contributed by atoms with Crippen LogP contribution in [0.3, 0.4) is 0 Å². The fourth-order valence-electron chi connectivity index (χ4n) is 2.11. The van der Waals surface area contributed by atoms with E-state index in [9.17, 15) is 5.11 Å². The standard InChI is InChI=1S/C21H26BN3O2/c1-20(2,26)21(3,4)27-22-19-12-8-11-18(25-19)17(24)14-13-16(23)15-9-6-5-7-10-15/h5-14,22-24,26H,1-4H3/b14-13-,23-16?,24-17?. The molecule has 0 bridgehead atoms. The highest BCUT2D eigenvalue weighted by molar-refractivity contribution is 6.45. The Labute approximate surface area is 161 Å². The largest absolute Gasteiger partial charge is 0.425 e. The van der Waals surface area contributed by atoms with Crippen molar-refractivity contribution in [3.8, 4) is 0 Å².